The zero-order valence-electron chi connectivity index (χ0n) is 12.1. The lowest BCUT2D eigenvalue weighted by molar-refractivity contribution is -0.0195. The van der Waals surface area contributed by atoms with Gasteiger partial charge in [-0.25, -0.2) is 4.39 Å². The smallest absolute Gasteiger partial charge is 0.126 e. The Hall–Kier alpha value is -1.13. The molecule has 0 aromatic heterocycles. The lowest BCUT2D eigenvalue weighted by Gasteiger charge is -2.23. The van der Waals surface area contributed by atoms with Crippen LogP contribution in [0.1, 0.15) is 37.7 Å². The van der Waals surface area contributed by atoms with Crippen molar-refractivity contribution < 1.29 is 14.2 Å². The Morgan fingerprint density at radius 1 is 1.35 bits per heavy atom. The molecule has 112 valence electrons. The summed E-state index contributed by atoms with van der Waals surface area (Å²) in [7, 11) is 0. The van der Waals surface area contributed by atoms with Gasteiger partial charge in [-0.1, -0.05) is 19.3 Å². The molecule has 2 N–H and O–H groups in total. The monoisotopic (exact) mass is 281 g/mol. The van der Waals surface area contributed by atoms with E-state index in [1.54, 1.807) is 19.1 Å². The number of aryl methyl sites for hydroxylation is 1. The molecule has 1 aliphatic carbocycles. The number of hydrogen-bond donors (Lipinski definition) is 2. The Balaban J connectivity index is 1.68. The van der Waals surface area contributed by atoms with E-state index in [4.69, 9.17) is 4.74 Å². The number of halogens is 1. The summed E-state index contributed by atoms with van der Waals surface area (Å²) in [6.07, 6.45) is 5.75. The predicted molar refractivity (Wildman–Crippen MR) is 78.5 cm³/mol. The first kappa shape index (κ1) is 15.3. The average Bonchev–Trinajstić information content (AvgIpc) is 2.47. The molecule has 2 rings (SSSR count). The minimum Gasteiger partial charge on any atom is -0.389 e. The fourth-order valence-corrected chi connectivity index (χ4v) is 2.53. The molecule has 1 unspecified atom stereocenters. The van der Waals surface area contributed by atoms with E-state index < -0.39 is 6.10 Å². The van der Waals surface area contributed by atoms with E-state index in [-0.39, 0.29) is 5.82 Å². The molecule has 1 aliphatic rings. The molecular formula is C16H24FNO2. The normalized spacial score (nSPS) is 17.9. The highest BCUT2D eigenvalue weighted by Gasteiger charge is 2.15. The van der Waals surface area contributed by atoms with Gasteiger partial charge < -0.3 is 15.2 Å². The van der Waals surface area contributed by atoms with Gasteiger partial charge in [0.1, 0.15) is 5.82 Å². The number of aliphatic hydroxyl groups excluding tert-OH is 1. The van der Waals surface area contributed by atoms with Gasteiger partial charge in [-0.3, -0.25) is 0 Å². The van der Waals surface area contributed by atoms with Crippen LogP contribution >= 0.6 is 0 Å². The quantitative estimate of drug-likeness (QED) is 0.841. The number of benzene rings is 1. The molecule has 0 heterocycles. The van der Waals surface area contributed by atoms with Gasteiger partial charge in [-0.05, 0) is 43.5 Å². The highest BCUT2D eigenvalue weighted by atomic mass is 19.1. The van der Waals surface area contributed by atoms with Crippen LogP contribution in [0.3, 0.4) is 0 Å². The fourth-order valence-electron chi connectivity index (χ4n) is 2.53. The van der Waals surface area contributed by atoms with Crippen molar-refractivity contribution in [1.82, 2.24) is 0 Å². The Morgan fingerprint density at radius 2 is 2.10 bits per heavy atom. The molecule has 1 fully saturated rings. The summed E-state index contributed by atoms with van der Waals surface area (Å²) in [5.41, 5.74) is 1.42. The molecule has 0 saturated heterocycles. The van der Waals surface area contributed by atoms with Crippen molar-refractivity contribution in [2.24, 2.45) is 0 Å². The maximum absolute atomic E-state index is 13.1. The van der Waals surface area contributed by atoms with E-state index in [9.17, 15) is 9.50 Å². The molecule has 0 spiro atoms. The van der Waals surface area contributed by atoms with Crippen LogP contribution in [0, 0.1) is 12.7 Å². The van der Waals surface area contributed by atoms with Crippen molar-refractivity contribution in [3.8, 4) is 0 Å². The van der Waals surface area contributed by atoms with Crippen molar-refractivity contribution in [3.05, 3.63) is 29.6 Å². The Morgan fingerprint density at radius 3 is 2.80 bits per heavy atom. The van der Waals surface area contributed by atoms with E-state index in [0.717, 1.165) is 18.5 Å². The summed E-state index contributed by atoms with van der Waals surface area (Å²) >= 11 is 0. The number of hydrogen-bond acceptors (Lipinski definition) is 3. The molecule has 4 heteroatoms. The number of rotatable bonds is 6. The number of anilines is 1. The average molecular weight is 281 g/mol. The van der Waals surface area contributed by atoms with Crippen molar-refractivity contribution in [2.45, 2.75) is 51.2 Å². The van der Waals surface area contributed by atoms with E-state index in [2.05, 4.69) is 5.32 Å². The van der Waals surface area contributed by atoms with Crippen LogP contribution in [-0.4, -0.2) is 30.5 Å². The Bertz CT molecular complexity index is 419. The summed E-state index contributed by atoms with van der Waals surface area (Å²) in [6.45, 7) is 2.50. The molecule has 1 aromatic rings. The van der Waals surface area contributed by atoms with E-state index in [1.807, 2.05) is 0 Å². The third-order valence-corrected chi connectivity index (χ3v) is 3.78. The van der Waals surface area contributed by atoms with Crippen molar-refractivity contribution in [1.29, 1.82) is 0 Å². The molecule has 3 nitrogen and oxygen atoms in total. The zero-order chi connectivity index (χ0) is 14.4. The second-order valence-electron chi connectivity index (χ2n) is 5.59. The molecule has 0 amide bonds. The first-order chi connectivity index (χ1) is 9.65. The summed E-state index contributed by atoms with van der Waals surface area (Å²) in [5.74, 6) is -0.211. The lowest BCUT2D eigenvalue weighted by atomic mass is 9.98. The van der Waals surface area contributed by atoms with Crippen LogP contribution < -0.4 is 5.32 Å². The topological polar surface area (TPSA) is 41.5 Å². The second-order valence-corrected chi connectivity index (χ2v) is 5.59. The SMILES string of the molecule is Cc1cc(NCC(O)COC2CCCCC2)ccc1F. The Kier molecular flexibility index (Phi) is 5.80. The third-order valence-electron chi connectivity index (χ3n) is 3.78. The maximum Gasteiger partial charge on any atom is 0.126 e. The van der Waals surface area contributed by atoms with Crippen molar-refractivity contribution >= 4 is 5.69 Å². The molecule has 1 atom stereocenters. The van der Waals surface area contributed by atoms with Gasteiger partial charge in [0.25, 0.3) is 0 Å². The van der Waals surface area contributed by atoms with Crippen LogP contribution in [0.4, 0.5) is 10.1 Å². The predicted octanol–water partition coefficient (Wildman–Crippen LogP) is 3.26. The van der Waals surface area contributed by atoms with Gasteiger partial charge >= 0.3 is 0 Å². The van der Waals surface area contributed by atoms with Gasteiger partial charge in [0, 0.05) is 12.2 Å². The first-order valence-corrected chi connectivity index (χ1v) is 7.45. The summed E-state index contributed by atoms with van der Waals surface area (Å²) in [4.78, 5) is 0. The van der Waals surface area contributed by atoms with Gasteiger partial charge in [-0.2, -0.15) is 0 Å². The molecule has 0 bridgehead atoms. The minimum atomic E-state index is -0.540. The molecule has 20 heavy (non-hydrogen) atoms. The number of aliphatic hydroxyl groups is 1. The van der Waals surface area contributed by atoms with Crippen molar-refractivity contribution in [2.75, 3.05) is 18.5 Å². The summed E-state index contributed by atoms with van der Waals surface area (Å²) in [6, 6.07) is 4.85. The van der Waals surface area contributed by atoms with Crippen LogP contribution in [-0.2, 0) is 4.74 Å². The Labute approximate surface area is 120 Å². The van der Waals surface area contributed by atoms with E-state index >= 15 is 0 Å². The third kappa shape index (κ3) is 4.76. The van der Waals surface area contributed by atoms with Crippen LogP contribution in [0.25, 0.3) is 0 Å². The fraction of sp³-hybridized carbons (Fsp3) is 0.625. The molecular weight excluding hydrogens is 257 g/mol. The zero-order valence-corrected chi connectivity index (χ0v) is 12.1. The highest BCUT2D eigenvalue weighted by Crippen LogP contribution is 2.20. The molecule has 1 saturated carbocycles. The van der Waals surface area contributed by atoms with Gasteiger partial charge in [0.2, 0.25) is 0 Å². The maximum atomic E-state index is 13.1. The molecule has 0 aliphatic heterocycles. The standard InChI is InChI=1S/C16H24FNO2/c1-12-9-13(7-8-16(12)17)18-10-14(19)11-20-15-5-3-2-4-6-15/h7-9,14-15,18-19H,2-6,10-11H2,1H3. The first-order valence-electron chi connectivity index (χ1n) is 7.45. The largest absolute Gasteiger partial charge is 0.389 e. The minimum absolute atomic E-state index is 0.211. The van der Waals surface area contributed by atoms with Crippen LogP contribution in [0.2, 0.25) is 0 Å². The second kappa shape index (κ2) is 7.60. The highest BCUT2D eigenvalue weighted by molar-refractivity contribution is 5.45. The van der Waals surface area contributed by atoms with Gasteiger partial charge in [0.05, 0.1) is 18.8 Å². The van der Waals surface area contributed by atoms with Crippen LogP contribution in [0.15, 0.2) is 18.2 Å². The van der Waals surface area contributed by atoms with Gasteiger partial charge in [0.15, 0.2) is 0 Å². The van der Waals surface area contributed by atoms with Gasteiger partial charge in [-0.15, -0.1) is 0 Å². The number of ether oxygens (including phenoxy) is 1. The summed E-state index contributed by atoms with van der Waals surface area (Å²) in [5, 5.41) is 13.0. The molecule has 0 radical (unpaired) electrons. The van der Waals surface area contributed by atoms with E-state index in [1.165, 1.54) is 25.3 Å². The van der Waals surface area contributed by atoms with E-state index in [0.29, 0.717) is 24.8 Å². The van der Waals surface area contributed by atoms with Crippen molar-refractivity contribution in [3.63, 3.8) is 0 Å². The lowest BCUT2D eigenvalue weighted by Crippen LogP contribution is -2.28. The number of nitrogens with one attached hydrogen (secondary N) is 1. The van der Waals surface area contributed by atoms with Crippen LogP contribution in [0.5, 0.6) is 0 Å². The molecule has 1 aromatic carbocycles. The summed E-state index contributed by atoms with van der Waals surface area (Å²) < 4.78 is 18.9.